The summed E-state index contributed by atoms with van der Waals surface area (Å²) in [4.78, 5) is 27.7. The maximum Gasteiger partial charge on any atom is 0.222 e. The molecule has 142 valence electrons. The van der Waals surface area contributed by atoms with E-state index in [1.807, 2.05) is 49.5 Å². The largest absolute Gasteiger partial charge is 0.491 e. The summed E-state index contributed by atoms with van der Waals surface area (Å²) < 4.78 is 5.75. The number of hydrogen-bond acceptors (Lipinski definition) is 3. The summed E-state index contributed by atoms with van der Waals surface area (Å²) in [7, 11) is 1.84. The lowest BCUT2D eigenvalue weighted by Crippen LogP contribution is -2.30. The Morgan fingerprint density at radius 2 is 1.89 bits per heavy atom. The molecule has 0 bridgehead atoms. The zero-order chi connectivity index (χ0) is 19.2. The topological polar surface area (TPSA) is 49.9 Å². The molecule has 0 spiro atoms. The lowest BCUT2D eigenvalue weighted by Gasteiger charge is -2.18. The van der Waals surface area contributed by atoms with Crippen LogP contribution in [0.25, 0.3) is 0 Å². The molecule has 5 nitrogen and oxygen atoms in total. The fourth-order valence-electron chi connectivity index (χ4n) is 3.26. The van der Waals surface area contributed by atoms with E-state index in [2.05, 4.69) is 6.07 Å². The number of carbonyl (C=O) groups is 2. The summed E-state index contributed by atoms with van der Waals surface area (Å²) in [6, 6.07) is 16.0. The molecular weight excluding hydrogens is 340 g/mol. The summed E-state index contributed by atoms with van der Waals surface area (Å²) in [5.74, 6) is 1.000. The zero-order valence-electron chi connectivity index (χ0n) is 16.0. The van der Waals surface area contributed by atoms with E-state index < -0.39 is 0 Å². The van der Waals surface area contributed by atoms with Crippen LogP contribution in [0.5, 0.6) is 5.75 Å². The number of fused-ring (bicyclic) bond motifs is 1. The Hall–Kier alpha value is -2.82. The molecule has 0 aromatic heterocycles. The number of benzene rings is 2. The van der Waals surface area contributed by atoms with Crippen molar-refractivity contribution in [2.24, 2.45) is 0 Å². The Balaban J connectivity index is 1.59. The summed E-state index contributed by atoms with van der Waals surface area (Å²) in [5, 5.41) is 0. The zero-order valence-corrected chi connectivity index (χ0v) is 16.0. The van der Waals surface area contributed by atoms with Gasteiger partial charge in [0.25, 0.3) is 0 Å². The quantitative estimate of drug-likeness (QED) is 0.817. The van der Waals surface area contributed by atoms with Crippen LogP contribution in [0.3, 0.4) is 0 Å². The van der Waals surface area contributed by atoms with Crippen LogP contribution < -0.4 is 4.74 Å². The van der Waals surface area contributed by atoms with Gasteiger partial charge in [-0.05, 0) is 23.6 Å². The van der Waals surface area contributed by atoms with Crippen molar-refractivity contribution in [2.75, 3.05) is 20.2 Å². The molecule has 1 heterocycles. The van der Waals surface area contributed by atoms with Crippen LogP contribution in [0.1, 0.15) is 30.0 Å². The van der Waals surface area contributed by atoms with Gasteiger partial charge in [0.15, 0.2) is 0 Å². The van der Waals surface area contributed by atoms with Crippen LogP contribution in [0, 0.1) is 0 Å². The number of carbonyl (C=O) groups excluding carboxylic acids is 2. The third kappa shape index (κ3) is 5.09. The Labute approximate surface area is 160 Å². The summed E-state index contributed by atoms with van der Waals surface area (Å²) >= 11 is 0. The summed E-state index contributed by atoms with van der Waals surface area (Å²) in [6.07, 6.45) is 1.13. The molecule has 1 aliphatic rings. The molecule has 27 heavy (non-hydrogen) atoms. The van der Waals surface area contributed by atoms with Gasteiger partial charge in [0.1, 0.15) is 12.4 Å². The third-order valence-corrected chi connectivity index (χ3v) is 4.87. The van der Waals surface area contributed by atoms with Gasteiger partial charge in [0.05, 0.1) is 6.54 Å². The van der Waals surface area contributed by atoms with Crippen molar-refractivity contribution < 1.29 is 14.3 Å². The fourth-order valence-corrected chi connectivity index (χ4v) is 3.26. The summed E-state index contributed by atoms with van der Waals surface area (Å²) in [6.45, 7) is 3.86. The van der Waals surface area contributed by atoms with Crippen molar-refractivity contribution in [2.45, 2.75) is 32.9 Å². The fraction of sp³-hybridized carbons (Fsp3) is 0.364. The van der Waals surface area contributed by atoms with Crippen LogP contribution in [0.4, 0.5) is 0 Å². The normalized spacial score (nSPS) is 13.3. The van der Waals surface area contributed by atoms with E-state index in [0.717, 1.165) is 22.4 Å². The SMILES string of the molecule is CC(=O)N1CCOc2ccc(CCC(=O)N(C)Cc3ccccc3)cc2C1. The number of amides is 2. The molecule has 0 saturated heterocycles. The third-order valence-electron chi connectivity index (χ3n) is 4.87. The number of nitrogens with zero attached hydrogens (tertiary/aromatic N) is 2. The Morgan fingerprint density at radius 3 is 2.63 bits per heavy atom. The van der Waals surface area contributed by atoms with E-state index in [1.165, 1.54) is 0 Å². The van der Waals surface area contributed by atoms with E-state index in [-0.39, 0.29) is 11.8 Å². The van der Waals surface area contributed by atoms with Gasteiger partial charge in [-0.25, -0.2) is 0 Å². The van der Waals surface area contributed by atoms with Gasteiger partial charge in [-0.15, -0.1) is 0 Å². The van der Waals surface area contributed by atoms with Gasteiger partial charge in [-0.2, -0.15) is 0 Å². The molecule has 5 heteroatoms. The maximum atomic E-state index is 12.5. The number of hydrogen-bond donors (Lipinski definition) is 0. The van der Waals surface area contributed by atoms with Crippen LogP contribution in [-0.4, -0.2) is 41.8 Å². The van der Waals surface area contributed by atoms with Gasteiger partial charge in [0, 0.05) is 39.0 Å². The highest BCUT2D eigenvalue weighted by atomic mass is 16.5. The van der Waals surface area contributed by atoms with Crippen molar-refractivity contribution >= 4 is 11.8 Å². The van der Waals surface area contributed by atoms with E-state index in [9.17, 15) is 9.59 Å². The molecule has 1 aliphatic heterocycles. The van der Waals surface area contributed by atoms with Gasteiger partial charge in [-0.3, -0.25) is 9.59 Å². The molecule has 3 rings (SSSR count). The molecule has 0 radical (unpaired) electrons. The van der Waals surface area contributed by atoms with Gasteiger partial charge >= 0.3 is 0 Å². The molecule has 0 fully saturated rings. The molecule has 2 aromatic rings. The first-order valence-electron chi connectivity index (χ1n) is 9.31. The number of aryl methyl sites for hydroxylation is 1. The molecule has 2 amide bonds. The second kappa shape index (κ2) is 8.71. The second-order valence-electron chi connectivity index (χ2n) is 6.97. The van der Waals surface area contributed by atoms with E-state index in [4.69, 9.17) is 4.74 Å². The molecule has 0 aliphatic carbocycles. The second-order valence-corrected chi connectivity index (χ2v) is 6.97. The predicted molar refractivity (Wildman–Crippen MR) is 104 cm³/mol. The Bertz CT molecular complexity index is 804. The average Bonchev–Trinajstić information content (AvgIpc) is 2.89. The van der Waals surface area contributed by atoms with Crippen LogP contribution in [0.2, 0.25) is 0 Å². The Morgan fingerprint density at radius 1 is 1.11 bits per heavy atom. The first kappa shape index (κ1) is 19.0. The van der Waals surface area contributed by atoms with Crippen LogP contribution in [-0.2, 0) is 29.1 Å². The van der Waals surface area contributed by atoms with Crippen molar-refractivity contribution in [1.82, 2.24) is 9.80 Å². The highest BCUT2D eigenvalue weighted by Gasteiger charge is 2.18. The van der Waals surface area contributed by atoms with E-state index in [0.29, 0.717) is 39.1 Å². The highest BCUT2D eigenvalue weighted by Crippen LogP contribution is 2.25. The van der Waals surface area contributed by atoms with Gasteiger partial charge < -0.3 is 14.5 Å². The standard InChI is InChI=1S/C22H26N2O3/c1-17(25)24-12-13-27-21-10-8-18(14-20(21)16-24)9-11-22(26)23(2)15-19-6-4-3-5-7-19/h3-8,10,14H,9,11-13,15-16H2,1-2H3. The van der Waals surface area contributed by atoms with E-state index >= 15 is 0 Å². The minimum absolute atomic E-state index is 0.0505. The molecule has 0 saturated carbocycles. The van der Waals surface area contributed by atoms with E-state index in [1.54, 1.807) is 16.7 Å². The molecule has 2 aromatic carbocycles. The van der Waals surface area contributed by atoms with Crippen molar-refractivity contribution in [3.05, 3.63) is 65.2 Å². The minimum Gasteiger partial charge on any atom is -0.491 e. The van der Waals surface area contributed by atoms with Gasteiger partial charge in [0.2, 0.25) is 11.8 Å². The van der Waals surface area contributed by atoms with Crippen molar-refractivity contribution in [3.8, 4) is 5.75 Å². The average molecular weight is 366 g/mol. The summed E-state index contributed by atoms with van der Waals surface area (Å²) in [5.41, 5.74) is 3.22. The lowest BCUT2D eigenvalue weighted by molar-refractivity contribution is -0.130. The lowest BCUT2D eigenvalue weighted by atomic mass is 10.0. The monoisotopic (exact) mass is 366 g/mol. The minimum atomic E-state index is 0.0505. The molecule has 0 atom stereocenters. The highest BCUT2D eigenvalue weighted by molar-refractivity contribution is 5.76. The predicted octanol–water partition coefficient (Wildman–Crippen LogP) is 3.02. The van der Waals surface area contributed by atoms with Crippen LogP contribution in [0.15, 0.2) is 48.5 Å². The smallest absolute Gasteiger partial charge is 0.222 e. The number of rotatable bonds is 5. The molecular formula is C22H26N2O3. The van der Waals surface area contributed by atoms with Crippen molar-refractivity contribution in [1.29, 1.82) is 0 Å². The van der Waals surface area contributed by atoms with Crippen molar-refractivity contribution in [3.63, 3.8) is 0 Å². The van der Waals surface area contributed by atoms with Crippen LogP contribution >= 0.6 is 0 Å². The molecule has 0 N–H and O–H groups in total. The first-order valence-corrected chi connectivity index (χ1v) is 9.31. The number of ether oxygens (including phenoxy) is 1. The first-order chi connectivity index (χ1) is 13.0. The maximum absolute atomic E-state index is 12.5. The molecule has 0 unspecified atom stereocenters. The van der Waals surface area contributed by atoms with Gasteiger partial charge in [-0.1, -0.05) is 42.5 Å². The Kier molecular flexibility index (Phi) is 6.12.